The summed E-state index contributed by atoms with van der Waals surface area (Å²) in [5, 5.41) is 2.88. The van der Waals surface area contributed by atoms with Crippen molar-refractivity contribution < 1.29 is 14.3 Å². The van der Waals surface area contributed by atoms with E-state index in [1.165, 1.54) is 5.56 Å². The van der Waals surface area contributed by atoms with E-state index >= 15 is 0 Å². The molecule has 1 amide bonds. The predicted octanol–water partition coefficient (Wildman–Crippen LogP) is 3.49. The Morgan fingerprint density at radius 2 is 1.75 bits per heavy atom. The van der Waals surface area contributed by atoms with Gasteiger partial charge in [-0.05, 0) is 37.1 Å². The van der Waals surface area contributed by atoms with Crippen LogP contribution in [0.25, 0.3) is 11.0 Å². The van der Waals surface area contributed by atoms with Crippen LogP contribution in [0, 0.1) is 0 Å². The van der Waals surface area contributed by atoms with Crippen molar-refractivity contribution in [1.29, 1.82) is 0 Å². The van der Waals surface area contributed by atoms with Gasteiger partial charge in [0, 0.05) is 24.9 Å². The maximum absolute atomic E-state index is 12.4. The second-order valence-corrected chi connectivity index (χ2v) is 6.57. The molecule has 1 aromatic heterocycles. The number of esters is 1. The average Bonchev–Trinajstić information content (AvgIpc) is 2.74. The maximum atomic E-state index is 12.4. The molecule has 3 rings (SSSR count). The molecule has 1 N–H and O–H groups in total. The minimum absolute atomic E-state index is 0.215. The van der Waals surface area contributed by atoms with Gasteiger partial charge in [-0.15, -0.1) is 0 Å². The molecule has 2 atom stereocenters. The third-order valence-corrected chi connectivity index (χ3v) is 4.64. The van der Waals surface area contributed by atoms with Gasteiger partial charge >= 0.3 is 5.97 Å². The summed E-state index contributed by atoms with van der Waals surface area (Å²) in [6.45, 7) is 4.14. The first-order valence-electron chi connectivity index (χ1n) is 9.33. The number of amides is 1. The standard InChI is InChI=1S/C22H23N3O3/c1-3-16(17-7-5-4-6-8-17)14-25-21(26)15(2)28-22(27)18-9-10-19-20(13-18)24-12-11-23-19/h4-13,15-16H,3,14H2,1-2H3,(H,25,26)/t15-,16-/m0/s1. The highest BCUT2D eigenvalue weighted by Gasteiger charge is 2.20. The van der Waals surface area contributed by atoms with Crippen molar-refractivity contribution in [3.05, 3.63) is 72.1 Å². The fourth-order valence-electron chi connectivity index (χ4n) is 2.96. The molecular formula is C22H23N3O3. The number of hydrogen-bond acceptors (Lipinski definition) is 5. The van der Waals surface area contributed by atoms with Gasteiger partial charge in [-0.3, -0.25) is 14.8 Å². The van der Waals surface area contributed by atoms with E-state index in [0.717, 1.165) is 6.42 Å². The first-order chi connectivity index (χ1) is 13.6. The number of nitrogens with zero attached hydrogens (tertiary/aromatic N) is 2. The number of hydrogen-bond donors (Lipinski definition) is 1. The minimum atomic E-state index is -0.890. The first kappa shape index (κ1) is 19.5. The number of nitrogens with one attached hydrogen (secondary N) is 1. The Bertz CT molecular complexity index is 959. The largest absolute Gasteiger partial charge is 0.449 e. The Morgan fingerprint density at radius 1 is 1.04 bits per heavy atom. The summed E-state index contributed by atoms with van der Waals surface area (Å²) in [5.41, 5.74) is 2.80. The molecule has 0 unspecified atom stereocenters. The lowest BCUT2D eigenvalue weighted by molar-refractivity contribution is -0.129. The average molecular weight is 377 g/mol. The zero-order valence-electron chi connectivity index (χ0n) is 16.0. The van der Waals surface area contributed by atoms with Crippen LogP contribution in [0.2, 0.25) is 0 Å². The molecule has 0 aliphatic carbocycles. The number of fused-ring (bicyclic) bond motifs is 1. The molecule has 144 valence electrons. The van der Waals surface area contributed by atoms with Gasteiger partial charge in [-0.2, -0.15) is 0 Å². The van der Waals surface area contributed by atoms with Gasteiger partial charge < -0.3 is 10.1 Å². The summed E-state index contributed by atoms with van der Waals surface area (Å²) in [7, 11) is 0. The number of aromatic nitrogens is 2. The molecule has 3 aromatic rings. The Labute approximate surface area is 164 Å². The lowest BCUT2D eigenvalue weighted by atomic mass is 9.96. The van der Waals surface area contributed by atoms with E-state index in [4.69, 9.17) is 4.74 Å². The van der Waals surface area contributed by atoms with Crippen LogP contribution in [0.1, 0.15) is 42.1 Å². The summed E-state index contributed by atoms with van der Waals surface area (Å²) >= 11 is 0. The van der Waals surface area contributed by atoms with Crippen molar-refractivity contribution in [3.8, 4) is 0 Å². The van der Waals surface area contributed by atoms with Crippen LogP contribution in [-0.4, -0.2) is 34.5 Å². The van der Waals surface area contributed by atoms with Crippen molar-refractivity contribution in [2.24, 2.45) is 0 Å². The number of carbonyl (C=O) groups is 2. The van der Waals surface area contributed by atoms with Crippen LogP contribution in [-0.2, 0) is 9.53 Å². The van der Waals surface area contributed by atoms with E-state index in [2.05, 4.69) is 22.2 Å². The van der Waals surface area contributed by atoms with Crippen LogP contribution in [0.15, 0.2) is 60.9 Å². The van der Waals surface area contributed by atoms with Crippen molar-refractivity contribution in [3.63, 3.8) is 0 Å². The highest BCUT2D eigenvalue weighted by atomic mass is 16.5. The molecule has 0 saturated carbocycles. The van der Waals surface area contributed by atoms with E-state index in [1.54, 1.807) is 37.5 Å². The van der Waals surface area contributed by atoms with Crippen molar-refractivity contribution in [1.82, 2.24) is 15.3 Å². The molecular weight excluding hydrogens is 354 g/mol. The summed E-state index contributed by atoms with van der Waals surface area (Å²) in [4.78, 5) is 33.1. The monoisotopic (exact) mass is 377 g/mol. The third kappa shape index (κ3) is 4.71. The SMILES string of the molecule is CC[C@@H](CNC(=O)[C@H](C)OC(=O)c1ccc2nccnc2c1)c1ccccc1. The van der Waals surface area contributed by atoms with E-state index in [-0.39, 0.29) is 11.8 Å². The highest BCUT2D eigenvalue weighted by molar-refractivity contribution is 5.95. The molecule has 0 fully saturated rings. The molecule has 0 aliphatic rings. The molecule has 1 heterocycles. The number of benzene rings is 2. The second kappa shape index (κ2) is 9.08. The lowest BCUT2D eigenvalue weighted by Gasteiger charge is -2.18. The fourth-order valence-corrected chi connectivity index (χ4v) is 2.96. The number of carbonyl (C=O) groups excluding carboxylic acids is 2. The van der Waals surface area contributed by atoms with Gasteiger partial charge in [0.25, 0.3) is 5.91 Å². The van der Waals surface area contributed by atoms with Gasteiger partial charge in [0.2, 0.25) is 0 Å². The van der Waals surface area contributed by atoms with Crippen LogP contribution < -0.4 is 5.32 Å². The van der Waals surface area contributed by atoms with E-state index in [9.17, 15) is 9.59 Å². The zero-order chi connectivity index (χ0) is 19.9. The summed E-state index contributed by atoms with van der Waals surface area (Å²) < 4.78 is 5.32. The minimum Gasteiger partial charge on any atom is -0.449 e. The van der Waals surface area contributed by atoms with Crippen molar-refractivity contribution in [2.75, 3.05) is 6.54 Å². The molecule has 6 nitrogen and oxygen atoms in total. The van der Waals surface area contributed by atoms with Gasteiger partial charge in [0.05, 0.1) is 16.6 Å². The molecule has 0 bridgehead atoms. The van der Waals surface area contributed by atoms with E-state index in [1.807, 2.05) is 30.3 Å². The normalized spacial score (nSPS) is 12.9. The Balaban J connectivity index is 1.57. The van der Waals surface area contributed by atoms with Gasteiger partial charge in [-0.1, -0.05) is 37.3 Å². The molecule has 6 heteroatoms. The fraction of sp³-hybridized carbons (Fsp3) is 0.273. The van der Waals surface area contributed by atoms with Crippen molar-refractivity contribution >= 4 is 22.9 Å². The first-order valence-corrected chi connectivity index (χ1v) is 9.33. The van der Waals surface area contributed by atoms with Crippen LogP contribution >= 0.6 is 0 Å². The third-order valence-electron chi connectivity index (χ3n) is 4.64. The van der Waals surface area contributed by atoms with Crippen LogP contribution in [0.4, 0.5) is 0 Å². The van der Waals surface area contributed by atoms with Crippen molar-refractivity contribution in [2.45, 2.75) is 32.3 Å². The molecule has 0 spiro atoms. The van der Waals surface area contributed by atoms with Crippen LogP contribution in [0.3, 0.4) is 0 Å². The van der Waals surface area contributed by atoms with E-state index in [0.29, 0.717) is 23.1 Å². The molecule has 0 radical (unpaired) electrons. The topological polar surface area (TPSA) is 81.2 Å². The van der Waals surface area contributed by atoms with Gasteiger partial charge in [-0.25, -0.2) is 4.79 Å². The van der Waals surface area contributed by atoms with Gasteiger partial charge in [0.1, 0.15) is 0 Å². The summed E-state index contributed by atoms with van der Waals surface area (Å²) in [6, 6.07) is 15.0. The summed E-state index contributed by atoms with van der Waals surface area (Å²) in [5.74, 6) is -0.666. The Hall–Kier alpha value is -3.28. The Kier molecular flexibility index (Phi) is 6.32. The zero-order valence-corrected chi connectivity index (χ0v) is 16.0. The number of ether oxygens (including phenoxy) is 1. The maximum Gasteiger partial charge on any atom is 0.338 e. The van der Waals surface area contributed by atoms with Gasteiger partial charge in [0.15, 0.2) is 6.10 Å². The predicted molar refractivity (Wildman–Crippen MR) is 107 cm³/mol. The summed E-state index contributed by atoms with van der Waals surface area (Å²) in [6.07, 6.45) is 3.16. The highest BCUT2D eigenvalue weighted by Crippen LogP contribution is 2.18. The smallest absolute Gasteiger partial charge is 0.338 e. The lowest BCUT2D eigenvalue weighted by Crippen LogP contribution is -2.38. The number of rotatable bonds is 7. The Morgan fingerprint density at radius 3 is 2.46 bits per heavy atom. The second-order valence-electron chi connectivity index (χ2n) is 6.57. The molecule has 0 aliphatic heterocycles. The quantitative estimate of drug-likeness (QED) is 0.638. The molecule has 0 saturated heterocycles. The molecule has 28 heavy (non-hydrogen) atoms. The molecule has 2 aromatic carbocycles. The van der Waals surface area contributed by atoms with Crippen LogP contribution in [0.5, 0.6) is 0 Å². The van der Waals surface area contributed by atoms with E-state index < -0.39 is 12.1 Å².